The number of nitrogens with one attached hydrogen (secondary N) is 1. The van der Waals surface area contributed by atoms with Crippen LogP contribution in [0, 0.1) is 11.8 Å². The molecule has 1 fully saturated rings. The lowest BCUT2D eigenvalue weighted by atomic mass is 10.2. The van der Waals surface area contributed by atoms with Crippen molar-refractivity contribution in [2.45, 2.75) is 0 Å². The van der Waals surface area contributed by atoms with Gasteiger partial charge in [0.25, 0.3) is 0 Å². The van der Waals surface area contributed by atoms with Crippen molar-refractivity contribution in [3.63, 3.8) is 0 Å². The molecule has 3 heterocycles. The molecule has 2 amide bonds. The summed E-state index contributed by atoms with van der Waals surface area (Å²) in [6.07, 6.45) is 1.66. The fourth-order valence-corrected chi connectivity index (χ4v) is 2.84. The van der Waals surface area contributed by atoms with E-state index < -0.39 is 0 Å². The molecular weight excluding hydrogens is 370 g/mol. The average Bonchev–Trinajstić information content (AvgIpc) is 3.17. The van der Waals surface area contributed by atoms with Crippen molar-refractivity contribution >= 4 is 17.2 Å². The van der Waals surface area contributed by atoms with Gasteiger partial charge in [0.15, 0.2) is 11.3 Å². The number of ether oxygens (including phenoxy) is 2. The van der Waals surface area contributed by atoms with E-state index >= 15 is 0 Å². The summed E-state index contributed by atoms with van der Waals surface area (Å²) in [5, 5.41) is 2.76. The molecule has 8 heteroatoms. The van der Waals surface area contributed by atoms with E-state index in [0.29, 0.717) is 49.0 Å². The van der Waals surface area contributed by atoms with Gasteiger partial charge >= 0.3 is 6.03 Å². The molecule has 1 aromatic carbocycles. The molecular formula is C21H19N5O3. The number of hydrogen-bond donors (Lipinski definition) is 1. The molecule has 1 N–H and O–H groups in total. The number of methoxy groups -OCH3 is 1. The minimum atomic E-state index is -0.0816. The Hall–Kier alpha value is -3.86. The Labute approximate surface area is 167 Å². The third-order valence-electron chi connectivity index (χ3n) is 4.37. The third kappa shape index (κ3) is 4.35. The van der Waals surface area contributed by atoms with E-state index in [2.05, 4.69) is 32.1 Å². The summed E-state index contributed by atoms with van der Waals surface area (Å²) in [7, 11) is 1.62. The molecule has 4 rings (SSSR count). The zero-order valence-electron chi connectivity index (χ0n) is 15.9. The largest absolute Gasteiger partial charge is 0.497 e. The molecule has 3 aromatic rings. The van der Waals surface area contributed by atoms with Gasteiger partial charge in [0.05, 0.1) is 13.7 Å². The summed E-state index contributed by atoms with van der Waals surface area (Å²) >= 11 is 0. The van der Waals surface area contributed by atoms with Crippen LogP contribution in [0.2, 0.25) is 0 Å². The second-order valence-corrected chi connectivity index (χ2v) is 6.27. The van der Waals surface area contributed by atoms with E-state index in [9.17, 15) is 4.79 Å². The van der Waals surface area contributed by atoms with Crippen LogP contribution in [0.3, 0.4) is 0 Å². The fourth-order valence-electron chi connectivity index (χ4n) is 2.84. The third-order valence-corrected chi connectivity index (χ3v) is 4.37. The van der Waals surface area contributed by atoms with Gasteiger partial charge in [-0.2, -0.15) is 0 Å². The maximum absolute atomic E-state index is 11.7. The summed E-state index contributed by atoms with van der Waals surface area (Å²) in [5.41, 5.74) is 2.33. The number of amides is 2. The Kier molecular flexibility index (Phi) is 5.38. The van der Waals surface area contributed by atoms with Gasteiger partial charge in [0.1, 0.15) is 17.9 Å². The molecule has 0 spiro atoms. The molecule has 0 bridgehead atoms. The number of nitrogens with zero attached hydrogens (tertiary/aromatic N) is 4. The van der Waals surface area contributed by atoms with Crippen LogP contribution in [-0.4, -0.2) is 59.2 Å². The Morgan fingerprint density at radius 2 is 2.03 bits per heavy atom. The van der Waals surface area contributed by atoms with E-state index in [-0.39, 0.29) is 6.03 Å². The zero-order chi connectivity index (χ0) is 20.1. The summed E-state index contributed by atoms with van der Waals surface area (Å²) in [4.78, 5) is 26.6. The maximum atomic E-state index is 11.7. The van der Waals surface area contributed by atoms with Crippen molar-refractivity contribution in [2.24, 2.45) is 0 Å². The van der Waals surface area contributed by atoms with Crippen LogP contribution in [0.1, 0.15) is 11.3 Å². The van der Waals surface area contributed by atoms with Gasteiger partial charge in [-0.1, -0.05) is 5.92 Å². The quantitative estimate of drug-likeness (QED) is 0.670. The summed E-state index contributed by atoms with van der Waals surface area (Å²) in [6.45, 7) is 2.08. The molecule has 146 valence electrons. The minimum Gasteiger partial charge on any atom is -0.497 e. The first-order valence-corrected chi connectivity index (χ1v) is 9.17. The van der Waals surface area contributed by atoms with Gasteiger partial charge in [-0.05, 0) is 42.3 Å². The number of benzene rings is 1. The number of pyridine rings is 1. The van der Waals surface area contributed by atoms with Gasteiger partial charge in [0, 0.05) is 24.8 Å². The van der Waals surface area contributed by atoms with E-state index in [1.54, 1.807) is 24.3 Å². The summed E-state index contributed by atoms with van der Waals surface area (Å²) in [6, 6.07) is 10.9. The molecule has 1 saturated heterocycles. The van der Waals surface area contributed by atoms with Crippen molar-refractivity contribution in [3.8, 4) is 23.5 Å². The van der Waals surface area contributed by atoms with Crippen molar-refractivity contribution < 1.29 is 14.3 Å². The highest BCUT2D eigenvalue weighted by Crippen LogP contribution is 2.17. The molecule has 2 aromatic heterocycles. The van der Waals surface area contributed by atoms with Crippen molar-refractivity contribution in [3.05, 3.63) is 53.9 Å². The maximum Gasteiger partial charge on any atom is 0.317 e. The van der Waals surface area contributed by atoms with Crippen LogP contribution in [-0.2, 0) is 0 Å². The van der Waals surface area contributed by atoms with E-state index in [0.717, 1.165) is 11.3 Å². The van der Waals surface area contributed by atoms with Gasteiger partial charge in [-0.15, -0.1) is 0 Å². The second-order valence-electron chi connectivity index (χ2n) is 6.27. The number of urea groups is 1. The Bertz CT molecular complexity index is 1090. The Balaban J connectivity index is 1.58. The standard InChI is InChI=1S/C21H19N5O3/c1-28-16-7-4-15(5-8-16)6-9-18-20(25-17-3-2-10-22-19(17)24-18)29-14-13-26-12-11-23-21(26)27/h2-5,7-8,10H,11-14H2,1H3,(H,23,27). The first kappa shape index (κ1) is 18.5. The first-order valence-electron chi connectivity index (χ1n) is 9.17. The predicted molar refractivity (Wildman–Crippen MR) is 107 cm³/mol. The molecule has 29 heavy (non-hydrogen) atoms. The molecule has 0 unspecified atom stereocenters. The fraction of sp³-hybridized carbons (Fsp3) is 0.238. The molecule has 1 aliphatic heterocycles. The first-order chi connectivity index (χ1) is 14.2. The van der Waals surface area contributed by atoms with Gasteiger partial charge in [-0.3, -0.25) is 0 Å². The highest BCUT2D eigenvalue weighted by atomic mass is 16.5. The van der Waals surface area contributed by atoms with Crippen LogP contribution < -0.4 is 14.8 Å². The summed E-state index contributed by atoms with van der Waals surface area (Å²) < 4.78 is 11.0. The number of carbonyl (C=O) groups is 1. The number of aromatic nitrogens is 3. The van der Waals surface area contributed by atoms with Crippen molar-refractivity contribution in [1.82, 2.24) is 25.2 Å². The Morgan fingerprint density at radius 1 is 1.17 bits per heavy atom. The molecule has 0 aliphatic carbocycles. The van der Waals surface area contributed by atoms with E-state index in [1.807, 2.05) is 30.3 Å². The normalized spacial score (nSPS) is 13.0. The SMILES string of the molecule is COc1ccc(C#Cc2nc3ncccc3nc2OCCN2CCNC2=O)cc1. The highest BCUT2D eigenvalue weighted by molar-refractivity contribution is 5.76. The number of fused-ring (bicyclic) bond motifs is 1. The van der Waals surface area contributed by atoms with Gasteiger partial charge < -0.3 is 19.7 Å². The molecule has 1 aliphatic rings. The molecule has 8 nitrogen and oxygen atoms in total. The number of rotatable bonds is 5. The molecule has 0 saturated carbocycles. The predicted octanol–water partition coefficient (Wildman–Crippen LogP) is 1.84. The van der Waals surface area contributed by atoms with E-state index in [4.69, 9.17) is 9.47 Å². The lowest BCUT2D eigenvalue weighted by Crippen LogP contribution is -2.32. The number of carbonyl (C=O) groups excluding carboxylic acids is 1. The minimum absolute atomic E-state index is 0.0816. The van der Waals surface area contributed by atoms with Crippen LogP contribution in [0.15, 0.2) is 42.6 Å². The van der Waals surface area contributed by atoms with Crippen molar-refractivity contribution in [2.75, 3.05) is 33.4 Å². The monoisotopic (exact) mass is 389 g/mol. The van der Waals surface area contributed by atoms with Crippen LogP contribution in [0.4, 0.5) is 4.79 Å². The lowest BCUT2D eigenvalue weighted by molar-refractivity contribution is 0.201. The van der Waals surface area contributed by atoms with Crippen LogP contribution in [0.25, 0.3) is 11.2 Å². The topological polar surface area (TPSA) is 89.5 Å². The van der Waals surface area contributed by atoms with Gasteiger partial charge in [0.2, 0.25) is 5.88 Å². The van der Waals surface area contributed by atoms with Gasteiger partial charge in [-0.25, -0.2) is 19.7 Å². The molecule has 0 atom stereocenters. The lowest BCUT2D eigenvalue weighted by Gasteiger charge is -2.14. The summed E-state index contributed by atoms with van der Waals surface area (Å²) in [5.74, 6) is 7.18. The van der Waals surface area contributed by atoms with E-state index in [1.165, 1.54) is 0 Å². The highest BCUT2D eigenvalue weighted by Gasteiger charge is 2.19. The zero-order valence-corrected chi connectivity index (χ0v) is 15.9. The van der Waals surface area contributed by atoms with Crippen LogP contribution in [0.5, 0.6) is 11.6 Å². The average molecular weight is 389 g/mol. The van der Waals surface area contributed by atoms with Crippen molar-refractivity contribution in [1.29, 1.82) is 0 Å². The molecule has 0 radical (unpaired) electrons. The van der Waals surface area contributed by atoms with Crippen LogP contribution >= 0.6 is 0 Å². The number of hydrogen-bond acceptors (Lipinski definition) is 6. The smallest absolute Gasteiger partial charge is 0.317 e. The Morgan fingerprint density at radius 3 is 2.79 bits per heavy atom. The second kappa shape index (κ2) is 8.44.